The number of hydrogen-bond donors (Lipinski definition) is 1. The molecule has 0 atom stereocenters. The van der Waals surface area contributed by atoms with Gasteiger partial charge in [0.1, 0.15) is 11.6 Å². The zero-order chi connectivity index (χ0) is 15.2. The van der Waals surface area contributed by atoms with E-state index in [1.807, 2.05) is 38.2 Å². The number of benzene rings is 1. The molecule has 0 bridgehead atoms. The number of nitrogens with one attached hydrogen (secondary N) is 1. The van der Waals surface area contributed by atoms with Gasteiger partial charge in [0, 0.05) is 19.7 Å². The standard InChI is InChI=1S/C15H18IN3O2/c1-4-21-11-7-5-6-10(8-11)14-18-12(9-20-3)13(16)15(17-2)19-14/h5-8H,4,9H2,1-3H3,(H,17,18,19). The van der Waals surface area contributed by atoms with Crippen LogP contribution in [0.2, 0.25) is 0 Å². The van der Waals surface area contributed by atoms with Crippen LogP contribution in [-0.2, 0) is 11.3 Å². The lowest BCUT2D eigenvalue weighted by Gasteiger charge is -2.11. The fourth-order valence-electron chi connectivity index (χ4n) is 1.91. The Morgan fingerprint density at radius 1 is 1.29 bits per heavy atom. The zero-order valence-corrected chi connectivity index (χ0v) is 14.5. The van der Waals surface area contributed by atoms with Gasteiger partial charge in [0.15, 0.2) is 5.82 Å². The van der Waals surface area contributed by atoms with Crippen LogP contribution in [0.5, 0.6) is 5.75 Å². The van der Waals surface area contributed by atoms with Crippen LogP contribution in [0.3, 0.4) is 0 Å². The highest BCUT2D eigenvalue weighted by Crippen LogP contribution is 2.26. The largest absolute Gasteiger partial charge is 0.494 e. The highest BCUT2D eigenvalue weighted by Gasteiger charge is 2.13. The van der Waals surface area contributed by atoms with E-state index < -0.39 is 0 Å². The van der Waals surface area contributed by atoms with Crippen molar-refractivity contribution in [2.24, 2.45) is 0 Å². The van der Waals surface area contributed by atoms with E-state index in [1.54, 1.807) is 7.11 Å². The third-order valence-electron chi connectivity index (χ3n) is 2.84. The first-order chi connectivity index (χ1) is 10.2. The molecule has 6 heteroatoms. The maximum atomic E-state index is 5.53. The van der Waals surface area contributed by atoms with Gasteiger partial charge in [-0.05, 0) is 41.6 Å². The van der Waals surface area contributed by atoms with Crippen molar-refractivity contribution in [1.82, 2.24) is 9.97 Å². The van der Waals surface area contributed by atoms with Crippen LogP contribution in [0.25, 0.3) is 11.4 Å². The lowest BCUT2D eigenvalue weighted by Crippen LogP contribution is -2.06. The van der Waals surface area contributed by atoms with Crippen molar-refractivity contribution in [3.63, 3.8) is 0 Å². The zero-order valence-electron chi connectivity index (χ0n) is 12.3. The number of hydrogen-bond acceptors (Lipinski definition) is 5. The van der Waals surface area contributed by atoms with Crippen LogP contribution < -0.4 is 10.1 Å². The number of halogens is 1. The average Bonchev–Trinajstić information content (AvgIpc) is 2.50. The summed E-state index contributed by atoms with van der Waals surface area (Å²) in [6, 6.07) is 7.79. The minimum atomic E-state index is 0.452. The van der Waals surface area contributed by atoms with Crippen molar-refractivity contribution in [3.05, 3.63) is 33.5 Å². The number of aromatic nitrogens is 2. The lowest BCUT2D eigenvalue weighted by atomic mass is 10.2. The summed E-state index contributed by atoms with van der Waals surface area (Å²) < 4.78 is 11.7. The summed E-state index contributed by atoms with van der Waals surface area (Å²) in [4.78, 5) is 9.17. The fraction of sp³-hybridized carbons (Fsp3) is 0.333. The molecule has 1 N–H and O–H groups in total. The molecule has 0 amide bonds. The van der Waals surface area contributed by atoms with Gasteiger partial charge < -0.3 is 14.8 Å². The first-order valence-corrected chi connectivity index (χ1v) is 7.73. The van der Waals surface area contributed by atoms with Crippen molar-refractivity contribution in [1.29, 1.82) is 0 Å². The van der Waals surface area contributed by atoms with Crippen LogP contribution in [0.15, 0.2) is 24.3 Å². The van der Waals surface area contributed by atoms with Crippen LogP contribution in [0.4, 0.5) is 5.82 Å². The Bertz CT molecular complexity index is 620. The lowest BCUT2D eigenvalue weighted by molar-refractivity contribution is 0.181. The summed E-state index contributed by atoms with van der Waals surface area (Å²) >= 11 is 2.23. The SMILES string of the molecule is CCOc1cccc(-c2nc(COC)c(I)c(NC)n2)c1. The molecule has 112 valence electrons. The molecular formula is C15H18IN3O2. The molecule has 0 saturated heterocycles. The molecule has 1 aromatic carbocycles. The molecular weight excluding hydrogens is 381 g/mol. The molecule has 0 fully saturated rings. The van der Waals surface area contributed by atoms with Crippen LogP contribution >= 0.6 is 22.6 Å². The van der Waals surface area contributed by atoms with E-state index >= 15 is 0 Å². The smallest absolute Gasteiger partial charge is 0.162 e. The summed E-state index contributed by atoms with van der Waals surface area (Å²) in [5.41, 5.74) is 1.79. The highest BCUT2D eigenvalue weighted by molar-refractivity contribution is 14.1. The Kier molecular flexibility index (Phi) is 5.75. The normalized spacial score (nSPS) is 10.5. The van der Waals surface area contributed by atoms with Gasteiger partial charge in [0.05, 0.1) is 22.5 Å². The second-order valence-electron chi connectivity index (χ2n) is 4.30. The first-order valence-electron chi connectivity index (χ1n) is 6.66. The Labute approximate surface area is 138 Å². The number of methoxy groups -OCH3 is 1. The predicted molar refractivity (Wildman–Crippen MR) is 91.6 cm³/mol. The summed E-state index contributed by atoms with van der Waals surface area (Å²) in [6.45, 7) is 3.05. The van der Waals surface area contributed by atoms with E-state index in [4.69, 9.17) is 9.47 Å². The van der Waals surface area contributed by atoms with E-state index in [-0.39, 0.29) is 0 Å². The van der Waals surface area contributed by atoms with Crippen molar-refractivity contribution in [2.75, 3.05) is 26.1 Å². The van der Waals surface area contributed by atoms with Crippen LogP contribution in [0, 0.1) is 3.57 Å². The topological polar surface area (TPSA) is 56.3 Å². The third kappa shape index (κ3) is 3.82. The average molecular weight is 399 g/mol. The van der Waals surface area contributed by atoms with Gasteiger partial charge in [-0.1, -0.05) is 12.1 Å². The molecule has 2 rings (SSSR count). The number of nitrogens with zero attached hydrogens (tertiary/aromatic N) is 2. The van der Waals surface area contributed by atoms with E-state index in [1.165, 1.54) is 0 Å². The van der Waals surface area contributed by atoms with Gasteiger partial charge in [0.2, 0.25) is 0 Å². The van der Waals surface area contributed by atoms with Crippen molar-refractivity contribution >= 4 is 28.4 Å². The van der Waals surface area contributed by atoms with Gasteiger partial charge in [0.25, 0.3) is 0 Å². The second kappa shape index (κ2) is 7.56. The third-order valence-corrected chi connectivity index (χ3v) is 3.97. The quantitative estimate of drug-likeness (QED) is 0.756. The van der Waals surface area contributed by atoms with Crippen LogP contribution in [-0.4, -0.2) is 30.7 Å². The van der Waals surface area contributed by atoms with E-state index in [0.29, 0.717) is 19.0 Å². The van der Waals surface area contributed by atoms with Gasteiger partial charge in [-0.15, -0.1) is 0 Å². The number of anilines is 1. The molecule has 0 aliphatic rings. The highest BCUT2D eigenvalue weighted by atomic mass is 127. The summed E-state index contributed by atoms with van der Waals surface area (Å²) in [5, 5.41) is 3.10. The molecule has 5 nitrogen and oxygen atoms in total. The van der Waals surface area contributed by atoms with Gasteiger partial charge in [-0.25, -0.2) is 9.97 Å². The molecule has 0 aliphatic carbocycles. The summed E-state index contributed by atoms with van der Waals surface area (Å²) in [7, 11) is 3.51. The maximum Gasteiger partial charge on any atom is 0.162 e. The number of ether oxygens (including phenoxy) is 2. The van der Waals surface area contributed by atoms with Crippen LogP contribution in [0.1, 0.15) is 12.6 Å². The van der Waals surface area contributed by atoms with Gasteiger partial charge in [-0.3, -0.25) is 0 Å². The molecule has 0 aliphatic heterocycles. The monoisotopic (exact) mass is 399 g/mol. The molecule has 0 spiro atoms. The minimum absolute atomic E-state index is 0.452. The second-order valence-corrected chi connectivity index (χ2v) is 5.38. The fourth-order valence-corrected chi connectivity index (χ4v) is 2.58. The Hall–Kier alpha value is -1.41. The molecule has 21 heavy (non-hydrogen) atoms. The van der Waals surface area contributed by atoms with Crippen molar-refractivity contribution < 1.29 is 9.47 Å². The summed E-state index contributed by atoms with van der Waals surface area (Å²) in [6.07, 6.45) is 0. The summed E-state index contributed by atoms with van der Waals surface area (Å²) in [5.74, 6) is 2.28. The van der Waals surface area contributed by atoms with E-state index in [9.17, 15) is 0 Å². The molecule has 1 heterocycles. The van der Waals surface area contributed by atoms with Crippen molar-refractivity contribution in [3.8, 4) is 17.1 Å². The minimum Gasteiger partial charge on any atom is -0.494 e. The van der Waals surface area contributed by atoms with E-state index in [2.05, 4.69) is 37.9 Å². The molecule has 1 aromatic heterocycles. The molecule has 2 aromatic rings. The molecule has 0 saturated carbocycles. The Morgan fingerprint density at radius 2 is 2.10 bits per heavy atom. The van der Waals surface area contributed by atoms with Crippen molar-refractivity contribution in [2.45, 2.75) is 13.5 Å². The predicted octanol–water partition coefficient (Wildman–Crippen LogP) is 3.34. The Morgan fingerprint density at radius 3 is 2.76 bits per heavy atom. The van der Waals surface area contributed by atoms with E-state index in [0.717, 1.165) is 26.4 Å². The van der Waals surface area contributed by atoms with Gasteiger partial charge >= 0.3 is 0 Å². The van der Waals surface area contributed by atoms with Gasteiger partial charge in [-0.2, -0.15) is 0 Å². The maximum absolute atomic E-state index is 5.53. The molecule has 0 unspecified atom stereocenters. The number of rotatable bonds is 6. The molecule has 0 radical (unpaired) electrons. The Balaban J connectivity index is 2.47. The first kappa shape index (κ1) is 16.0.